The van der Waals surface area contributed by atoms with E-state index >= 15 is 0 Å². The standard InChI is InChI=1S/C18H23N5O3/c1-21(2)16(24)11-23-14-7-6-13(18(23)25)9-22(10-14)8-12-4-3-5-15-17(12)20-26-19-15/h3-5,13-14H,6-11H2,1-2H3/t13-,14+/m0/s1. The van der Waals surface area contributed by atoms with Crippen LogP contribution in [-0.4, -0.2) is 76.6 Å². The van der Waals surface area contributed by atoms with Crippen molar-refractivity contribution in [1.82, 2.24) is 25.0 Å². The number of rotatable bonds is 4. The summed E-state index contributed by atoms with van der Waals surface area (Å²) in [5, 5.41) is 7.91. The summed E-state index contributed by atoms with van der Waals surface area (Å²) >= 11 is 0. The van der Waals surface area contributed by atoms with Crippen molar-refractivity contribution >= 4 is 22.8 Å². The Morgan fingerprint density at radius 1 is 1.27 bits per heavy atom. The lowest BCUT2D eigenvalue weighted by Crippen LogP contribution is -2.51. The number of amides is 2. The number of fused-ring (bicyclic) bond motifs is 5. The van der Waals surface area contributed by atoms with Gasteiger partial charge in [-0.15, -0.1) is 0 Å². The molecule has 5 rings (SSSR count). The van der Waals surface area contributed by atoms with Crippen LogP contribution in [0, 0.1) is 5.92 Å². The molecule has 1 aromatic heterocycles. The summed E-state index contributed by atoms with van der Waals surface area (Å²) < 4.78 is 4.85. The van der Waals surface area contributed by atoms with Gasteiger partial charge in [-0.3, -0.25) is 14.5 Å². The summed E-state index contributed by atoms with van der Waals surface area (Å²) in [4.78, 5) is 30.6. The third-order valence-electron chi connectivity index (χ3n) is 5.44. The number of carbonyl (C=O) groups is 2. The maximum absolute atomic E-state index is 12.8. The fourth-order valence-corrected chi connectivity index (χ4v) is 3.98. The summed E-state index contributed by atoms with van der Waals surface area (Å²) in [6.07, 6.45) is 1.84. The van der Waals surface area contributed by atoms with Crippen molar-refractivity contribution in [2.75, 3.05) is 33.7 Å². The van der Waals surface area contributed by atoms with Gasteiger partial charge < -0.3 is 9.80 Å². The Bertz CT molecular complexity index is 833. The molecule has 0 radical (unpaired) electrons. The molecule has 2 aromatic rings. The predicted octanol–water partition coefficient (Wildman–Crippen LogP) is 0.734. The molecule has 2 atom stereocenters. The molecule has 26 heavy (non-hydrogen) atoms. The van der Waals surface area contributed by atoms with Gasteiger partial charge in [0, 0.05) is 39.8 Å². The van der Waals surface area contributed by atoms with Gasteiger partial charge in [-0.1, -0.05) is 12.1 Å². The van der Waals surface area contributed by atoms with E-state index in [1.807, 2.05) is 18.2 Å². The van der Waals surface area contributed by atoms with Gasteiger partial charge in [0.2, 0.25) is 11.8 Å². The van der Waals surface area contributed by atoms with Crippen LogP contribution >= 0.6 is 0 Å². The van der Waals surface area contributed by atoms with Crippen LogP contribution in [0.25, 0.3) is 11.0 Å². The molecule has 0 unspecified atom stereocenters. The van der Waals surface area contributed by atoms with Crippen molar-refractivity contribution in [3.8, 4) is 0 Å². The molecule has 138 valence electrons. The molecule has 0 aliphatic carbocycles. The van der Waals surface area contributed by atoms with Crippen LogP contribution < -0.4 is 0 Å². The van der Waals surface area contributed by atoms with Crippen LogP contribution in [0.15, 0.2) is 22.8 Å². The predicted molar refractivity (Wildman–Crippen MR) is 94.0 cm³/mol. The Labute approximate surface area is 151 Å². The lowest BCUT2D eigenvalue weighted by atomic mass is 9.94. The largest absolute Gasteiger partial charge is 0.347 e. The lowest BCUT2D eigenvalue weighted by Gasteiger charge is -2.36. The second-order valence-electron chi connectivity index (χ2n) is 7.43. The Hall–Kier alpha value is -2.48. The molecule has 2 bridgehead atoms. The van der Waals surface area contributed by atoms with E-state index in [4.69, 9.17) is 4.63 Å². The van der Waals surface area contributed by atoms with Gasteiger partial charge in [-0.25, -0.2) is 4.63 Å². The minimum absolute atomic E-state index is 0.0316. The first-order valence-electron chi connectivity index (χ1n) is 8.96. The van der Waals surface area contributed by atoms with E-state index in [1.54, 1.807) is 23.9 Å². The Morgan fingerprint density at radius 3 is 2.92 bits per heavy atom. The monoisotopic (exact) mass is 357 g/mol. The minimum atomic E-state index is -0.0432. The fourth-order valence-electron chi connectivity index (χ4n) is 3.98. The highest BCUT2D eigenvalue weighted by molar-refractivity contribution is 5.87. The van der Waals surface area contributed by atoms with Gasteiger partial charge in [0.25, 0.3) is 0 Å². The first kappa shape index (κ1) is 17.0. The third-order valence-corrected chi connectivity index (χ3v) is 5.44. The van der Waals surface area contributed by atoms with Crippen molar-refractivity contribution in [1.29, 1.82) is 0 Å². The van der Waals surface area contributed by atoms with E-state index < -0.39 is 0 Å². The highest BCUT2D eigenvalue weighted by Crippen LogP contribution is 2.30. The van der Waals surface area contributed by atoms with Crippen LogP contribution in [-0.2, 0) is 16.1 Å². The molecule has 0 N–H and O–H groups in total. The maximum atomic E-state index is 12.8. The van der Waals surface area contributed by atoms with Crippen molar-refractivity contribution < 1.29 is 14.2 Å². The van der Waals surface area contributed by atoms with Crippen molar-refractivity contribution in [3.05, 3.63) is 23.8 Å². The summed E-state index contributed by atoms with van der Waals surface area (Å²) in [5.74, 6) is 0.0366. The van der Waals surface area contributed by atoms with E-state index in [0.29, 0.717) is 13.1 Å². The maximum Gasteiger partial charge on any atom is 0.241 e. The van der Waals surface area contributed by atoms with Crippen molar-refractivity contribution in [3.63, 3.8) is 0 Å². The molecule has 4 heterocycles. The van der Waals surface area contributed by atoms with E-state index in [0.717, 1.165) is 36.0 Å². The number of carbonyl (C=O) groups excluding carboxylic acids is 2. The van der Waals surface area contributed by atoms with Gasteiger partial charge in [-0.05, 0) is 34.8 Å². The molecule has 3 aliphatic heterocycles. The van der Waals surface area contributed by atoms with Crippen LogP contribution in [0.5, 0.6) is 0 Å². The number of hydrogen-bond acceptors (Lipinski definition) is 6. The first-order valence-corrected chi connectivity index (χ1v) is 8.96. The zero-order chi connectivity index (χ0) is 18.3. The topological polar surface area (TPSA) is 82.8 Å². The smallest absolute Gasteiger partial charge is 0.241 e. The number of nitrogens with zero attached hydrogens (tertiary/aromatic N) is 5. The summed E-state index contributed by atoms with van der Waals surface area (Å²) in [7, 11) is 3.45. The quantitative estimate of drug-likeness (QED) is 0.802. The number of benzene rings is 1. The lowest BCUT2D eigenvalue weighted by molar-refractivity contribution is -0.145. The molecule has 8 heteroatoms. The number of hydrogen-bond donors (Lipinski definition) is 0. The van der Waals surface area contributed by atoms with Crippen LogP contribution in [0.1, 0.15) is 18.4 Å². The normalized spacial score (nSPS) is 23.5. The first-order chi connectivity index (χ1) is 12.5. The summed E-state index contributed by atoms with van der Waals surface area (Å²) in [5.41, 5.74) is 2.57. The second-order valence-corrected chi connectivity index (χ2v) is 7.43. The van der Waals surface area contributed by atoms with Gasteiger partial charge in [0.15, 0.2) is 0 Å². The molecule has 3 fully saturated rings. The van der Waals surface area contributed by atoms with E-state index in [9.17, 15) is 9.59 Å². The Balaban J connectivity index is 1.53. The molecule has 0 saturated carbocycles. The number of likely N-dealkylation sites (N-methyl/N-ethyl adjacent to an activating group) is 1. The van der Waals surface area contributed by atoms with Crippen molar-refractivity contribution in [2.24, 2.45) is 5.92 Å². The van der Waals surface area contributed by atoms with E-state index in [1.165, 1.54) is 0 Å². The molecule has 0 spiro atoms. The van der Waals surface area contributed by atoms with E-state index in [2.05, 4.69) is 15.2 Å². The summed E-state index contributed by atoms with van der Waals surface area (Å²) in [6, 6.07) is 5.93. The average molecular weight is 357 g/mol. The van der Waals surface area contributed by atoms with Crippen LogP contribution in [0.2, 0.25) is 0 Å². The van der Waals surface area contributed by atoms with Crippen molar-refractivity contribution in [2.45, 2.75) is 25.4 Å². The average Bonchev–Trinajstić information content (AvgIpc) is 2.96. The van der Waals surface area contributed by atoms with E-state index in [-0.39, 0.29) is 30.3 Å². The van der Waals surface area contributed by atoms with Gasteiger partial charge in [0.1, 0.15) is 17.6 Å². The number of piperidine rings is 1. The molecular weight excluding hydrogens is 334 g/mol. The zero-order valence-corrected chi connectivity index (χ0v) is 15.1. The van der Waals surface area contributed by atoms with Crippen LogP contribution in [0.3, 0.4) is 0 Å². The van der Waals surface area contributed by atoms with Gasteiger partial charge >= 0.3 is 0 Å². The third kappa shape index (κ3) is 3.05. The Morgan fingerprint density at radius 2 is 2.12 bits per heavy atom. The van der Waals surface area contributed by atoms with Gasteiger partial charge in [0.05, 0.1) is 5.92 Å². The van der Waals surface area contributed by atoms with Crippen LogP contribution in [0.4, 0.5) is 0 Å². The minimum Gasteiger partial charge on any atom is -0.347 e. The summed E-state index contributed by atoms with van der Waals surface area (Å²) in [6.45, 7) is 2.35. The molecule has 3 saturated heterocycles. The Kier molecular flexibility index (Phi) is 4.36. The van der Waals surface area contributed by atoms with Gasteiger partial charge in [-0.2, -0.15) is 0 Å². The highest BCUT2D eigenvalue weighted by Gasteiger charge is 2.41. The zero-order valence-electron chi connectivity index (χ0n) is 15.1. The molecule has 2 amide bonds. The SMILES string of the molecule is CN(C)C(=O)CN1C(=O)[C@H]2CC[C@@H]1CN(Cc1cccc3nonc13)C2. The second kappa shape index (κ2) is 6.68. The fraction of sp³-hybridized carbons (Fsp3) is 0.556. The molecule has 1 aromatic carbocycles. The molecule has 8 nitrogen and oxygen atoms in total. The molecular formula is C18H23N5O3. The number of aromatic nitrogens is 2. The molecule has 3 aliphatic rings. The highest BCUT2D eigenvalue weighted by atomic mass is 16.6.